The number of β-lactam (4-membered cyclic amide) rings is 1. The Labute approximate surface area is 251 Å². The van der Waals surface area contributed by atoms with Crippen molar-refractivity contribution in [2.75, 3.05) is 29.6 Å². The van der Waals surface area contributed by atoms with Crippen LogP contribution in [0, 0.1) is 0 Å². The Morgan fingerprint density at radius 1 is 1.23 bits per heavy atom. The van der Waals surface area contributed by atoms with Gasteiger partial charge in [-0.3, -0.25) is 19.3 Å². The number of carbonyl (C=O) groups is 4. The van der Waals surface area contributed by atoms with Crippen LogP contribution in [0.2, 0.25) is 0 Å². The molecule has 2 aromatic rings. The minimum absolute atomic E-state index is 0.0132. The summed E-state index contributed by atoms with van der Waals surface area (Å²) in [7, 11) is 0. The summed E-state index contributed by atoms with van der Waals surface area (Å²) in [6.07, 6.45) is 4.14. The van der Waals surface area contributed by atoms with Crippen LogP contribution >= 0.6 is 58.0 Å². The topological polar surface area (TPSA) is 178 Å². The van der Waals surface area contributed by atoms with Crippen molar-refractivity contribution in [1.29, 1.82) is 0 Å². The average molecular weight is 645 g/mol. The minimum Gasteiger partial charge on any atom is -0.477 e. The zero-order valence-corrected chi connectivity index (χ0v) is 25.6. The van der Waals surface area contributed by atoms with Crippen molar-refractivity contribution in [2.45, 2.75) is 59.1 Å². The molecule has 1 fully saturated rings. The van der Waals surface area contributed by atoms with Crippen LogP contribution in [0.25, 0.3) is 0 Å². The number of thioether (sulfide) groups is 3. The molecule has 216 valence electrons. The molecule has 0 bridgehead atoms. The zero-order chi connectivity index (χ0) is 28.6. The first kappa shape index (κ1) is 30.6. The van der Waals surface area contributed by atoms with E-state index in [1.54, 1.807) is 5.38 Å². The van der Waals surface area contributed by atoms with Gasteiger partial charge in [0.2, 0.25) is 5.91 Å². The Bertz CT molecular complexity index is 1280. The smallest absolute Gasteiger partial charge is 0.352 e. The number of nitrogens with one attached hydrogen (secondary N) is 1. The number of nitrogens with zero attached hydrogens (tertiary/aromatic N) is 4. The number of carbonyl (C=O) groups excluding carboxylic acids is 3. The molecule has 0 saturated carbocycles. The SMILES string of the molecule is CCCCCCOC(=O)CSc1nnc(SCC2=C(C(=O)O)N3C(=O)C(NC(=O)Cc4csc(N)n4)[C@@H]3SC2)s1. The lowest BCUT2D eigenvalue weighted by Gasteiger charge is -2.49. The van der Waals surface area contributed by atoms with Crippen molar-refractivity contribution < 1.29 is 29.0 Å². The molecule has 4 rings (SSSR count). The first-order valence-electron chi connectivity index (χ1n) is 12.4. The molecule has 2 aliphatic rings. The number of nitrogens with two attached hydrogens (primary N) is 1. The fourth-order valence-corrected chi connectivity index (χ4v) is 8.79. The second kappa shape index (κ2) is 14.5. The number of fused-ring (bicyclic) bond motifs is 1. The monoisotopic (exact) mass is 644 g/mol. The number of unbranched alkanes of at least 4 members (excludes halogenated alkanes) is 3. The molecule has 4 heterocycles. The van der Waals surface area contributed by atoms with Crippen LogP contribution in [0.15, 0.2) is 25.3 Å². The normalized spacial score (nSPS) is 18.3. The molecule has 1 saturated heterocycles. The predicted octanol–water partition coefficient (Wildman–Crippen LogP) is 2.87. The molecule has 2 amide bonds. The standard InChI is InChI=1S/C23H28N6O6S5/c1-2-3-4-5-6-35-15(31)11-39-23-28-27-22(40-23)38-9-12-8-36-19-16(18(32)29(19)17(12)20(33)34)26-14(30)7-13-10-37-21(24)25-13/h10,16,19H,2-9,11H2,1H3,(H2,24,25)(H,26,30)(H,33,34)/t16?,19-/m0/s1. The number of ether oxygens (including phenoxy) is 1. The highest BCUT2D eigenvalue weighted by Crippen LogP contribution is 2.42. The molecule has 4 N–H and O–H groups in total. The van der Waals surface area contributed by atoms with Crippen LogP contribution in [0.1, 0.15) is 38.3 Å². The van der Waals surface area contributed by atoms with Crippen LogP contribution in [0.4, 0.5) is 5.13 Å². The summed E-state index contributed by atoms with van der Waals surface area (Å²) in [5.74, 6) is -1.48. The van der Waals surface area contributed by atoms with Gasteiger partial charge in [-0.15, -0.1) is 33.3 Å². The van der Waals surface area contributed by atoms with Crippen molar-refractivity contribution in [3.8, 4) is 0 Å². The Kier molecular flexibility index (Phi) is 11.1. The highest BCUT2D eigenvalue weighted by Gasteiger charge is 2.54. The highest BCUT2D eigenvalue weighted by atomic mass is 32.2. The van der Waals surface area contributed by atoms with Crippen LogP contribution < -0.4 is 11.1 Å². The first-order chi connectivity index (χ1) is 19.3. The zero-order valence-electron chi connectivity index (χ0n) is 21.5. The second-order valence-corrected chi connectivity index (χ2v) is 14.2. The molecule has 2 aromatic heterocycles. The van der Waals surface area contributed by atoms with Gasteiger partial charge in [0.05, 0.1) is 24.5 Å². The van der Waals surface area contributed by atoms with Crippen LogP contribution in [-0.4, -0.2) is 84.2 Å². The van der Waals surface area contributed by atoms with Crippen molar-refractivity contribution in [3.63, 3.8) is 0 Å². The van der Waals surface area contributed by atoms with Crippen molar-refractivity contribution in [2.24, 2.45) is 0 Å². The lowest BCUT2D eigenvalue weighted by molar-refractivity contribution is -0.150. The maximum absolute atomic E-state index is 12.9. The summed E-state index contributed by atoms with van der Waals surface area (Å²) in [6, 6.07) is -0.803. The molecular formula is C23H28N6O6S5. The first-order valence-corrected chi connectivity index (χ1v) is 17.1. The van der Waals surface area contributed by atoms with Gasteiger partial charge in [0.1, 0.15) is 17.1 Å². The van der Waals surface area contributed by atoms with E-state index in [4.69, 9.17) is 10.5 Å². The maximum atomic E-state index is 12.9. The van der Waals surface area contributed by atoms with E-state index in [-0.39, 0.29) is 29.7 Å². The third kappa shape index (κ3) is 7.90. The van der Waals surface area contributed by atoms with Crippen molar-refractivity contribution in [1.82, 2.24) is 25.4 Å². The fraction of sp³-hybridized carbons (Fsp3) is 0.522. The van der Waals surface area contributed by atoms with Crippen LogP contribution in [-0.2, 0) is 30.3 Å². The number of hydrogen-bond donors (Lipinski definition) is 3. The summed E-state index contributed by atoms with van der Waals surface area (Å²) in [4.78, 5) is 54.6. The van der Waals surface area contributed by atoms with E-state index < -0.39 is 23.3 Å². The Morgan fingerprint density at radius 2 is 2.00 bits per heavy atom. The lowest BCUT2D eigenvalue weighted by atomic mass is 10.0. The summed E-state index contributed by atoms with van der Waals surface area (Å²) in [5, 5.41) is 22.4. The van der Waals surface area contributed by atoms with Gasteiger partial charge in [-0.2, -0.15) is 0 Å². The van der Waals surface area contributed by atoms with Gasteiger partial charge in [-0.05, 0) is 12.0 Å². The summed E-state index contributed by atoms with van der Waals surface area (Å²) >= 11 is 6.52. The lowest BCUT2D eigenvalue weighted by Crippen LogP contribution is -2.70. The molecule has 1 unspecified atom stereocenters. The molecule has 40 heavy (non-hydrogen) atoms. The third-order valence-electron chi connectivity index (χ3n) is 5.81. The van der Waals surface area contributed by atoms with Crippen LogP contribution in [0.3, 0.4) is 0 Å². The minimum atomic E-state index is -1.20. The molecule has 0 spiro atoms. The largest absolute Gasteiger partial charge is 0.477 e. The van der Waals surface area contributed by atoms with E-state index in [9.17, 15) is 24.3 Å². The second-order valence-electron chi connectivity index (χ2n) is 8.76. The number of aromatic nitrogens is 3. The number of carboxylic acid groups (broad SMARTS) is 1. The molecule has 12 nitrogen and oxygen atoms in total. The van der Waals surface area contributed by atoms with Gasteiger partial charge in [0, 0.05) is 16.9 Å². The number of nitrogen functional groups attached to an aromatic ring is 1. The quantitative estimate of drug-likeness (QED) is 0.112. The molecular weight excluding hydrogens is 617 g/mol. The van der Waals surface area contributed by atoms with Gasteiger partial charge in [-0.1, -0.05) is 61.0 Å². The fourth-order valence-electron chi connectivity index (χ4n) is 3.93. The number of amides is 2. The molecule has 0 aromatic carbocycles. The third-order valence-corrected chi connectivity index (χ3v) is 11.1. The van der Waals surface area contributed by atoms with E-state index in [1.165, 1.54) is 62.9 Å². The van der Waals surface area contributed by atoms with E-state index in [2.05, 4.69) is 27.4 Å². The van der Waals surface area contributed by atoms with E-state index in [1.807, 2.05) is 0 Å². The maximum Gasteiger partial charge on any atom is 0.352 e. The molecule has 0 radical (unpaired) electrons. The highest BCUT2D eigenvalue weighted by molar-refractivity contribution is 8.03. The van der Waals surface area contributed by atoms with E-state index in [0.717, 1.165) is 25.7 Å². The molecule has 2 atom stereocenters. The number of rotatable bonds is 15. The van der Waals surface area contributed by atoms with Crippen molar-refractivity contribution in [3.05, 3.63) is 22.3 Å². The number of esters is 1. The van der Waals surface area contributed by atoms with Crippen molar-refractivity contribution >= 4 is 86.8 Å². The number of hydrogen-bond acceptors (Lipinski definition) is 14. The number of aliphatic carboxylic acids is 1. The van der Waals surface area contributed by atoms with Gasteiger partial charge in [0.15, 0.2) is 13.8 Å². The van der Waals surface area contributed by atoms with Crippen LogP contribution in [0.5, 0.6) is 0 Å². The summed E-state index contributed by atoms with van der Waals surface area (Å²) < 4.78 is 6.48. The average Bonchev–Trinajstić information content (AvgIpc) is 3.56. The Balaban J connectivity index is 1.27. The molecule has 2 aliphatic heterocycles. The summed E-state index contributed by atoms with van der Waals surface area (Å²) in [5.41, 5.74) is 6.64. The number of thiazole rings is 1. The Morgan fingerprint density at radius 3 is 2.70 bits per heavy atom. The summed E-state index contributed by atoms with van der Waals surface area (Å²) in [6.45, 7) is 2.55. The van der Waals surface area contributed by atoms with Gasteiger partial charge in [0.25, 0.3) is 5.91 Å². The molecule has 0 aliphatic carbocycles. The van der Waals surface area contributed by atoms with Gasteiger partial charge in [-0.25, -0.2) is 9.78 Å². The predicted molar refractivity (Wildman–Crippen MR) is 156 cm³/mol. The van der Waals surface area contributed by atoms with E-state index >= 15 is 0 Å². The molecule has 17 heteroatoms. The van der Waals surface area contributed by atoms with E-state index in [0.29, 0.717) is 43.2 Å². The van der Waals surface area contributed by atoms with Gasteiger partial charge < -0.3 is 20.9 Å². The number of carboxylic acids is 1. The van der Waals surface area contributed by atoms with Gasteiger partial charge >= 0.3 is 11.9 Å². The number of anilines is 1. The Hall–Kier alpha value is -2.34.